The van der Waals surface area contributed by atoms with Gasteiger partial charge in [0, 0.05) is 36.6 Å². The van der Waals surface area contributed by atoms with Crippen molar-refractivity contribution in [2.45, 2.75) is 45.4 Å². The van der Waals surface area contributed by atoms with Crippen molar-refractivity contribution >= 4 is 17.2 Å². The maximum absolute atomic E-state index is 13.9. The molecule has 1 amide bonds. The predicted molar refractivity (Wildman–Crippen MR) is 99.3 cm³/mol. The maximum Gasteiger partial charge on any atom is 0.256 e. The summed E-state index contributed by atoms with van der Waals surface area (Å²) in [6, 6.07) is 6.43. The van der Waals surface area contributed by atoms with E-state index in [1.807, 2.05) is 13.8 Å². The highest BCUT2D eigenvalue weighted by Gasteiger charge is 2.41. The number of thiazole rings is 1. The van der Waals surface area contributed by atoms with Gasteiger partial charge in [0.15, 0.2) is 5.60 Å². The molecule has 1 atom stereocenters. The van der Waals surface area contributed by atoms with Gasteiger partial charge in [-0.2, -0.15) is 0 Å². The first-order valence-electron chi connectivity index (χ1n) is 8.78. The Hall–Kier alpha value is -1.83. The number of carbonyl (C=O) groups is 1. The van der Waals surface area contributed by atoms with E-state index >= 15 is 0 Å². The zero-order valence-electron chi connectivity index (χ0n) is 15.1. The Kier molecular flexibility index (Phi) is 5.70. The van der Waals surface area contributed by atoms with Gasteiger partial charge < -0.3 is 15.3 Å². The lowest BCUT2D eigenvalue weighted by Crippen LogP contribution is -2.57. The molecule has 0 radical (unpaired) electrons. The number of aryl methyl sites for hydroxylation is 2. The standard InChI is InChI=1S/C19H24FN3O2S/c1-13-14(2)26-17(22-13)10-21-12-19(25)8-5-9-23(18(19)24)11-15-6-3-4-7-16(15)20/h3-4,6-7,21,25H,5,8-12H2,1-2H3/t19-/m0/s1. The van der Waals surface area contributed by atoms with Gasteiger partial charge in [-0.1, -0.05) is 18.2 Å². The van der Waals surface area contributed by atoms with Crippen LogP contribution in [0.15, 0.2) is 24.3 Å². The van der Waals surface area contributed by atoms with E-state index < -0.39 is 5.60 Å². The fourth-order valence-corrected chi connectivity index (χ4v) is 4.11. The number of aliphatic hydroxyl groups is 1. The third kappa shape index (κ3) is 4.11. The lowest BCUT2D eigenvalue weighted by Gasteiger charge is -2.38. The minimum absolute atomic E-state index is 0.164. The second-order valence-corrected chi connectivity index (χ2v) is 8.09. The van der Waals surface area contributed by atoms with Gasteiger partial charge in [0.25, 0.3) is 5.91 Å². The molecule has 1 saturated heterocycles. The Balaban J connectivity index is 1.61. The molecule has 7 heteroatoms. The number of likely N-dealkylation sites (tertiary alicyclic amines) is 1. The minimum Gasteiger partial charge on any atom is -0.379 e. The van der Waals surface area contributed by atoms with Gasteiger partial charge >= 0.3 is 0 Å². The van der Waals surface area contributed by atoms with E-state index in [4.69, 9.17) is 0 Å². The third-order valence-corrected chi connectivity index (χ3v) is 5.86. The van der Waals surface area contributed by atoms with Crippen molar-refractivity contribution < 1.29 is 14.3 Å². The number of rotatable bonds is 6. The van der Waals surface area contributed by atoms with Gasteiger partial charge in [0.2, 0.25) is 0 Å². The zero-order chi connectivity index (χ0) is 18.7. The summed E-state index contributed by atoms with van der Waals surface area (Å²) in [5.74, 6) is -0.673. The number of aromatic nitrogens is 1. The second-order valence-electron chi connectivity index (χ2n) is 6.81. The Labute approximate surface area is 156 Å². The quantitative estimate of drug-likeness (QED) is 0.812. The van der Waals surface area contributed by atoms with Gasteiger partial charge in [0.05, 0.1) is 5.69 Å². The number of nitrogens with zero attached hydrogens (tertiary/aromatic N) is 2. The average Bonchev–Trinajstić information content (AvgIpc) is 2.92. The van der Waals surface area contributed by atoms with E-state index in [0.717, 1.165) is 10.7 Å². The summed E-state index contributed by atoms with van der Waals surface area (Å²) in [6.45, 7) is 5.38. The van der Waals surface area contributed by atoms with Crippen molar-refractivity contribution in [1.29, 1.82) is 0 Å². The number of nitrogens with one attached hydrogen (secondary N) is 1. The summed E-state index contributed by atoms with van der Waals surface area (Å²) < 4.78 is 13.9. The number of hydrogen-bond acceptors (Lipinski definition) is 5. The first-order chi connectivity index (χ1) is 12.4. The molecule has 1 aliphatic heterocycles. The second kappa shape index (κ2) is 7.82. The molecule has 2 aromatic rings. The van der Waals surface area contributed by atoms with Crippen LogP contribution in [0.5, 0.6) is 0 Å². The summed E-state index contributed by atoms with van der Waals surface area (Å²) in [5.41, 5.74) is 0.0207. The third-order valence-electron chi connectivity index (χ3n) is 4.79. The molecule has 0 bridgehead atoms. The number of halogens is 1. The highest BCUT2D eigenvalue weighted by Crippen LogP contribution is 2.25. The molecule has 0 saturated carbocycles. The molecule has 3 rings (SSSR count). The largest absolute Gasteiger partial charge is 0.379 e. The van der Waals surface area contributed by atoms with Crippen LogP contribution in [0.4, 0.5) is 4.39 Å². The number of carbonyl (C=O) groups excluding carboxylic acids is 1. The summed E-state index contributed by atoms with van der Waals surface area (Å²) >= 11 is 1.61. The van der Waals surface area contributed by atoms with Crippen LogP contribution >= 0.6 is 11.3 Å². The molecule has 1 aliphatic rings. The van der Waals surface area contributed by atoms with Crippen molar-refractivity contribution in [1.82, 2.24) is 15.2 Å². The normalized spacial score (nSPS) is 20.6. The topological polar surface area (TPSA) is 65.5 Å². The summed E-state index contributed by atoms with van der Waals surface area (Å²) in [5, 5.41) is 14.9. The van der Waals surface area contributed by atoms with Gasteiger partial charge in [0.1, 0.15) is 10.8 Å². The van der Waals surface area contributed by atoms with E-state index in [1.54, 1.807) is 34.4 Å². The highest BCUT2D eigenvalue weighted by atomic mass is 32.1. The molecule has 2 heterocycles. The molecule has 0 unspecified atom stereocenters. The monoisotopic (exact) mass is 377 g/mol. The molecule has 0 aliphatic carbocycles. The average molecular weight is 377 g/mol. The number of hydrogen-bond donors (Lipinski definition) is 2. The molecule has 1 aromatic carbocycles. The maximum atomic E-state index is 13.9. The van der Waals surface area contributed by atoms with Crippen LogP contribution in [0.3, 0.4) is 0 Å². The van der Waals surface area contributed by atoms with Gasteiger partial charge in [-0.05, 0) is 32.8 Å². The predicted octanol–water partition coefficient (Wildman–Crippen LogP) is 2.54. The van der Waals surface area contributed by atoms with Crippen LogP contribution in [0.25, 0.3) is 0 Å². The lowest BCUT2D eigenvalue weighted by atomic mass is 9.91. The van der Waals surface area contributed by atoms with Crippen molar-refractivity contribution in [3.63, 3.8) is 0 Å². The Morgan fingerprint density at radius 1 is 1.38 bits per heavy atom. The molecule has 5 nitrogen and oxygen atoms in total. The van der Waals surface area contributed by atoms with Gasteiger partial charge in [-0.15, -0.1) is 11.3 Å². The fraction of sp³-hybridized carbons (Fsp3) is 0.474. The van der Waals surface area contributed by atoms with E-state index in [1.165, 1.54) is 10.9 Å². The van der Waals surface area contributed by atoms with Crippen molar-refractivity contribution in [3.8, 4) is 0 Å². The van der Waals surface area contributed by atoms with E-state index in [-0.39, 0.29) is 24.8 Å². The smallest absolute Gasteiger partial charge is 0.256 e. The Morgan fingerprint density at radius 2 is 2.15 bits per heavy atom. The van der Waals surface area contributed by atoms with Crippen LogP contribution < -0.4 is 5.32 Å². The molecule has 26 heavy (non-hydrogen) atoms. The first kappa shape index (κ1) is 18.9. The summed E-state index contributed by atoms with van der Waals surface area (Å²) in [7, 11) is 0. The summed E-state index contributed by atoms with van der Waals surface area (Å²) in [6.07, 6.45) is 1.09. The molecule has 1 fully saturated rings. The van der Waals surface area contributed by atoms with E-state index in [0.29, 0.717) is 31.5 Å². The molecular weight excluding hydrogens is 353 g/mol. The minimum atomic E-state index is -1.45. The summed E-state index contributed by atoms with van der Waals surface area (Å²) in [4.78, 5) is 19.9. The molecule has 1 aromatic heterocycles. The van der Waals surface area contributed by atoms with Crippen molar-refractivity contribution in [3.05, 3.63) is 51.2 Å². The molecule has 140 valence electrons. The Morgan fingerprint density at radius 3 is 2.85 bits per heavy atom. The Bertz CT molecular complexity index is 775. The van der Waals surface area contributed by atoms with Crippen molar-refractivity contribution in [2.75, 3.05) is 13.1 Å². The zero-order valence-corrected chi connectivity index (χ0v) is 15.9. The van der Waals surface area contributed by atoms with Crippen LogP contribution in [0.2, 0.25) is 0 Å². The highest BCUT2D eigenvalue weighted by molar-refractivity contribution is 7.11. The number of amides is 1. The van der Waals surface area contributed by atoms with Crippen LogP contribution in [-0.4, -0.2) is 39.6 Å². The lowest BCUT2D eigenvalue weighted by molar-refractivity contribution is -0.157. The number of benzene rings is 1. The van der Waals surface area contributed by atoms with E-state index in [9.17, 15) is 14.3 Å². The van der Waals surface area contributed by atoms with Crippen LogP contribution in [-0.2, 0) is 17.9 Å². The van der Waals surface area contributed by atoms with Gasteiger partial charge in [-0.25, -0.2) is 9.37 Å². The van der Waals surface area contributed by atoms with Crippen molar-refractivity contribution in [2.24, 2.45) is 0 Å². The van der Waals surface area contributed by atoms with E-state index in [2.05, 4.69) is 10.3 Å². The molecule has 2 N–H and O–H groups in total. The van der Waals surface area contributed by atoms with Crippen LogP contribution in [0.1, 0.15) is 34.0 Å². The molecule has 0 spiro atoms. The number of piperidine rings is 1. The SMILES string of the molecule is Cc1nc(CNC[C@@]2(O)CCCN(Cc3ccccc3F)C2=O)sc1C. The first-order valence-corrected chi connectivity index (χ1v) is 9.59. The molecular formula is C19H24FN3O2S. The van der Waals surface area contributed by atoms with Gasteiger partial charge in [-0.3, -0.25) is 4.79 Å². The fourth-order valence-electron chi connectivity index (χ4n) is 3.20. The van der Waals surface area contributed by atoms with Crippen LogP contribution in [0, 0.1) is 19.7 Å².